The second-order valence-corrected chi connectivity index (χ2v) is 6.21. The molecule has 0 spiro atoms. The van der Waals surface area contributed by atoms with Crippen LogP contribution in [0.15, 0.2) is 0 Å². The van der Waals surface area contributed by atoms with Crippen LogP contribution in [0.1, 0.15) is 62.1 Å². The Labute approximate surface area is 126 Å². The lowest BCUT2D eigenvalue weighted by Crippen LogP contribution is -2.44. The van der Waals surface area contributed by atoms with Crippen molar-refractivity contribution in [2.24, 2.45) is 0 Å². The predicted octanol–water partition coefficient (Wildman–Crippen LogP) is 1.72. The van der Waals surface area contributed by atoms with Crippen molar-refractivity contribution >= 4 is 11.6 Å². The number of aromatic nitrogens is 2. The third-order valence-electron chi connectivity index (χ3n) is 4.20. The first kappa shape index (κ1) is 15.8. The van der Waals surface area contributed by atoms with Crippen molar-refractivity contribution in [1.29, 1.82) is 0 Å². The molecule has 1 amide bonds. The Morgan fingerprint density at radius 3 is 2.57 bits per heavy atom. The summed E-state index contributed by atoms with van der Waals surface area (Å²) in [5, 5.41) is 9.86. The second kappa shape index (κ2) is 6.93. The molecule has 6 heteroatoms. The Kier molecular flexibility index (Phi) is 5.22. The van der Waals surface area contributed by atoms with Gasteiger partial charge in [0.05, 0.1) is 11.4 Å². The van der Waals surface area contributed by atoms with Crippen LogP contribution in [0.25, 0.3) is 0 Å². The van der Waals surface area contributed by atoms with Crippen LogP contribution >= 0.6 is 0 Å². The number of carbonyl (C=O) groups is 1. The SMILES string of the molecule is CC(C)c1[nH]nc(C(=O)NCC(C)N2CCCCC2)c1N. The molecule has 1 aliphatic rings. The summed E-state index contributed by atoms with van der Waals surface area (Å²) in [6.07, 6.45) is 3.82. The third-order valence-corrected chi connectivity index (χ3v) is 4.20. The Balaban J connectivity index is 1.89. The van der Waals surface area contributed by atoms with Crippen LogP contribution in [0.5, 0.6) is 0 Å². The van der Waals surface area contributed by atoms with E-state index in [-0.39, 0.29) is 11.8 Å². The topological polar surface area (TPSA) is 87.0 Å². The van der Waals surface area contributed by atoms with Gasteiger partial charge >= 0.3 is 0 Å². The fraction of sp³-hybridized carbons (Fsp3) is 0.733. The first-order valence-electron chi connectivity index (χ1n) is 7.86. The summed E-state index contributed by atoms with van der Waals surface area (Å²) in [5.74, 6) is 0.0332. The van der Waals surface area contributed by atoms with E-state index in [0.717, 1.165) is 18.8 Å². The van der Waals surface area contributed by atoms with Crippen LogP contribution in [-0.2, 0) is 0 Å². The highest BCUT2D eigenvalue weighted by molar-refractivity contribution is 5.97. The van der Waals surface area contributed by atoms with Gasteiger partial charge in [-0.15, -0.1) is 0 Å². The summed E-state index contributed by atoms with van der Waals surface area (Å²) in [6.45, 7) is 9.06. The number of H-pyrrole nitrogens is 1. The molecule has 118 valence electrons. The van der Waals surface area contributed by atoms with Crippen molar-refractivity contribution in [3.05, 3.63) is 11.4 Å². The van der Waals surface area contributed by atoms with Gasteiger partial charge in [0.15, 0.2) is 5.69 Å². The highest BCUT2D eigenvalue weighted by Gasteiger charge is 2.21. The standard InChI is InChI=1S/C15H27N5O/c1-10(2)13-12(16)14(19-18-13)15(21)17-9-11(3)20-7-5-4-6-8-20/h10-11H,4-9,16H2,1-3H3,(H,17,21)(H,18,19). The number of hydrogen-bond acceptors (Lipinski definition) is 4. The number of piperidine rings is 1. The minimum Gasteiger partial charge on any atom is -0.395 e. The van der Waals surface area contributed by atoms with Gasteiger partial charge in [0.2, 0.25) is 0 Å². The van der Waals surface area contributed by atoms with Crippen molar-refractivity contribution in [3.63, 3.8) is 0 Å². The smallest absolute Gasteiger partial charge is 0.273 e. The number of hydrogen-bond donors (Lipinski definition) is 3. The van der Waals surface area contributed by atoms with E-state index in [0.29, 0.717) is 24.0 Å². The Bertz CT molecular complexity index is 476. The van der Waals surface area contributed by atoms with Crippen LogP contribution in [0, 0.1) is 0 Å². The zero-order valence-electron chi connectivity index (χ0n) is 13.3. The molecular formula is C15H27N5O. The zero-order valence-corrected chi connectivity index (χ0v) is 13.3. The molecule has 0 aliphatic carbocycles. The molecule has 0 bridgehead atoms. The third kappa shape index (κ3) is 3.75. The lowest BCUT2D eigenvalue weighted by Gasteiger charge is -2.32. The molecule has 2 rings (SSSR count). The number of amides is 1. The summed E-state index contributed by atoms with van der Waals surface area (Å²) in [5.41, 5.74) is 7.59. The van der Waals surface area contributed by atoms with Crippen molar-refractivity contribution in [2.45, 2.75) is 52.0 Å². The van der Waals surface area contributed by atoms with Crippen LogP contribution in [0.2, 0.25) is 0 Å². The number of nitrogens with zero attached hydrogens (tertiary/aromatic N) is 2. The number of rotatable bonds is 5. The summed E-state index contributed by atoms with van der Waals surface area (Å²) >= 11 is 0. The molecule has 1 aromatic heterocycles. The molecule has 1 atom stereocenters. The minimum absolute atomic E-state index is 0.195. The average molecular weight is 293 g/mol. The number of aromatic amines is 1. The van der Waals surface area contributed by atoms with Crippen molar-refractivity contribution in [2.75, 3.05) is 25.4 Å². The molecule has 1 fully saturated rings. The van der Waals surface area contributed by atoms with Gasteiger partial charge in [-0.2, -0.15) is 5.10 Å². The van der Waals surface area contributed by atoms with Gasteiger partial charge in [0, 0.05) is 12.6 Å². The molecule has 0 aromatic carbocycles. The monoisotopic (exact) mass is 293 g/mol. The largest absolute Gasteiger partial charge is 0.395 e. The summed E-state index contributed by atoms with van der Waals surface area (Å²) in [4.78, 5) is 14.6. The molecular weight excluding hydrogens is 266 g/mol. The maximum atomic E-state index is 12.2. The molecule has 6 nitrogen and oxygen atoms in total. The quantitative estimate of drug-likeness (QED) is 0.771. The molecule has 1 aromatic rings. The van der Waals surface area contributed by atoms with E-state index >= 15 is 0 Å². The predicted molar refractivity (Wildman–Crippen MR) is 84.3 cm³/mol. The first-order valence-corrected chi connectivity index (χ1v) is 7.86. The van der Waals surface area contributed by atoms with E-state index in [1.54, 1.807) is 0 Å². The summed E-state index contributed by atoms with van der Waals surface area (Å²) in [6, 6.07) is 0.346. The highest BCUT2D eigenvalue weighted by atomic mass is 16.2. The van der Waals surface area contributed by atoms with Crippen LogP contribution in [0.4, 0.5) is 5.69 Å². The number of anilines is 1. The molecule has 1 saturated heterocycles. The summed E-state index contributed by atoms with van der Waals surface area (Å²) in [7, 11) is 0. The lowest BCUT2D eigenvalue weighted by molar-refractivity contribution is 0.0926. The fourth-order valence-corrected chi connectivity index (χ4v) is 2.79. The molecule has 0 saturated carbocycles. The molecule has 4 N–H and O–H groups in total. The Hall–Kier alpha value is -1.56. The Morgan fingerprint density at radius 1 is 1.33 bits per heavy atom. The average Bonchev–Trinajstić information content (AvgIpc) is 2.87. The van der Waals surface area contributed by atoms with E-state index in [1.165, 1.54) is 19.3 Å². The maximum absolute atomic E-state index is 12.2. The van der Waals surface area contributed by atoms with Crippen LogP contribution in [0.3, 0.4) is 0 Å². The van der Waals surface area contributed by atoms with Crippen molar-refractivity contribution in [1.82, 2.24) is 20.4 Å². The van der Waals surface area contributed by atoms with Gasteiger partial charge in [-0.3, -0.25) is 14.8 Å². The van der Waals surface area contributed by atoms with Gasteiger partial charge in [-0.05, 0) is 38.8 Å². The van der Waals surface area contributed by atoms with E-state index in [4.69, 9.17) is 5.73 Å². The maximum Gasteiger partial charge on any atom is 0.273 e. The normalized spacial score (nSPS) is 17.9. The van der Waals surface area contributed by atoms with E-state index < -0.39 is 0 Å². The number of nitrogen functional groups attached to an aromatic ring is 1. The van der Waals surface area contributed by atoms with Gasteiger partial charge < -0.3 is 11.1 Å². The summed E-state index contributed by atoms with van der Waals surface area (Å²) < 4.78 is 0. The van der Waals surface area contributed by atoms with Crippen LogP contribution in [-0.4, -0.2) is 46.7 Å². The highest BCUT2D eigenvalue weighted by Crippen LogP contribution is 2.21. The van der Waals surface area contributed by atoms with Gasteiger partial charge in [-0.1, -0.05) is 20.3 Å². The number of nitrogens with one attached hydrogen (secondary N) is 2. The van der Waals surface area contributed by atoms with E-state index in [2.05, 4.69) is 27.3 Å². The number of carbonyl (C=O) groups excluding carboxylic acids is 1. The molecule has 21 heavy (non-hydrogen) atoms. The van der Waals surface area contributed by atoms with Gasteiger partial charge in [0.25, 0.3) is 5.91 Å². The van der Waals surface area contributed by atoms with E-state index in [1.807, 2.05) is 13.8 Å². The van der Waals surface area contributed by atoms with E-state index in [9.17, 15) is 4.79 Å². The minimum atomic E-state index is -0.195. The molecule has 1 unspecified atom stereocenters. The van der Waals surface area contributed by atoms with Gasteiger partial charge in [0.1, 0.15) is 0 Å². The second-order valence-electron chi connectivity index (χ2n) is 6.21. The lowest BCUT2D eigenvalue weighted by atomic mass is 10.1. The number of nitrogens with two attached hydrogens (primary N) is 1. The first-order chi connectivity index (χ1) is 10.0. The molecule has 2 heterocycles. The molecule has 0 radical (unpaired) electrons. The van der Waals surface area contributed by atoms with Crippen LogP contribution < -0.4 is 11.1 Å². The molecule has 1 aliphatic heterocycles. The Morgan fingerprint density at radius 2 is 2.00 bits per heavy atom. The zero-order chi connectivity index (χ0) is 15.4. The van der Waals surface area contributed by atoms with Crippen molar-refractivity contribution < 1.29 is 4.79 Å². The van der Waals surface area contributed by atoms with Gasteiger partial charge in [-0.25, -0.2) is 0 Å². The number of likely N-dealkylation sites (tertiary alicyclic amines) is 1. The fourth-order valence-electron chi connectivity index (χ4n) is 2.79. The van der Waals surface area contributed by atoms with Crippen molar-refractivity contribution in [3.8, 4) is 0 Å².